The van der Waals surface area contributed by atoms with Gasteiger partial charge in [-0.1, -0.05) is 18.2 Å². The van der Waals surface area contributed by atoms with Crippen molar-refractivity contribution in [2.75, 3.05) is 13.2 Å². The number of pyridine rings is 1. The van der Waals surface area contributed by atoms with Crippen LogP contribution in [0.25, 0.3) is 10.9 Å². The molecule has 3 aromatic rings. The summed E-state index contributed by atoms with van der Waals surface area (Å²) in [4.78, 5) is 24.0. The molecule has 26 heavy (non-hydrogen) atoms. The molecule has 0 radical (unpaired) electrons. The molecule has 2 heterocycles. The third kappa shape index (κ3) is 3.20. The minimum Gasteiger partial charge on any atom is -0.395 e. The largest absolute Gasteiger partial charge is 0.395 e. The van der Waals surface area contributed by atoms with Crippen LogP contribution in [0.15, 0.2) is 42.7 Å². The maximum atomic E-state index is 13.3. The van der Waals surface area contributed by atoms with E-state index >= 15 is 0 Å². The van der Waals surface area contributed by atoms with Gasteiger partial charge in [0.1, 0.15) is 5.82 Å². The number of aromatic nitrogens is 3. The summed E-state index contributed by atoms with van der Waals surface area (Å²) >= 11 is 0. The highest BCUT2D eigenvalue weighted by Crippen LogP contribution is 2.40. The summed E-state index contributed by atoms with van der Waals surface area (Å²) < 4.78 is 1.89. The zero-order valence-corrected chi connectivity index (χ0v) is 14.8. The van der Waals surface area contributed by atoms with Crippen molar-refractivity contribution in [3.05, 3.63) is 59.8 Å². The number of para-hydroxylation sites is 1. The van der Waals surface area contributed by atoms with Crippen molar-refractivity contribution in [2.45, 2.75) is 25.3 Å². The third-order valence-corrected chi connectivity index (χ3v) is 4.87. The molecule has 134 valence electrons. The number of aliphatic hydroxyl groups is 1. The highest BCUT2D eigenvalue weighted by Gasteiger charge is 2.28. The summed E-state index contributed by atoms with van der Waals surface area (Å²) in [6.45, 7) is 0.536. The molecule has 1 aliphatic carbocycles. The highest BCUT2D eigenvalue weighted by molar-refractivity contribution is 6.06. The van der Waals surface area contributed by atoms with E-state index in [0.717, 1.165) is 35.3 Å². The maximum Gasteiger partial charge on any atom is 0.255 e. The molecule has 1 N–H and O–H groups in total. The van der Waals surface area contributed by atoms with Crippen molar-refractivity contribution >= 4 is 16.8 Å². The molecular weight excluding hydrogens is 328 g/mol. The Kier molecular flexibility index (Phi) is 4.42. The quantitative estimate of drug-likeness (QED) is 0.741. The van der Waals surface area contributed by atoms with E-state index in [9.17, 15) is 9.90 Å². The number of hydrogen-bond acceptors (Lipinski definition) is 4. The Morgan fingerprint density at radius 3 is 2.85 bits per heavy atom. The van der Waals surface area contributed by atoms with Gasteiger partial charge >= 0.3 is 0 Å². The molecular formula is C20H22N4O2. The van der Waals surface area contributed by atoms with Gasteiger partial charge in [-0.25, -0.2) is 4.98 Å². The van der Waals surface area contributed by atoms with Crippen LogP contribution in [0.3, 0.4) is 0 Å². The molecule has 0 atom stereocenters. The summed E-state index contributed by atoms with van der Waals surface area (Å²) in [5.74, 6) is 1.15. The molecule has 2 aromatic heterocycles. The van der Waals surface area contributed by atoms with E-state index < -0.39 is 0 Å². The number of hydrogen-bond donors (Lipinski definition) is 1. The minimum absolute atomic E-state index is 0.0886. The summed E-state index contributed by atoms with van der Waals surface area (Å²) in [5.41, 5.74) is 2.49. The normalized spacial score (nSPS) is 13.9. The fourth-order valence-corrected chi connectivity index (χ4v) is 3.22. The molecule has 1 amide bonds. The minimum atomic E-state index is -0.0949. The molecule has 0 bridgehead atoms. The maximum absolute atomic E-state index is 13.3. The van der Waals surface area contributed by atoms with Gasteiger partial charge in [0, 0.05) is 43.0 Å². The smallest absolute Gasteiger partial charge is 0.255 e. The van der Waals surface area contributed by atoms with E-state index in [1.54, 1.807) is 11.1 Å². The van der Waals surface area contributed by atoms with E-state index in [4.69, 9.17) is 4.98 Å². The predicted octanol–water partition coefficient (Wildman–Crippen LogP) is 2.48. The lowest BCUT2D eigenvalue weighted by Crippen LogP contribution is -2.34. The molecule has 1 saturated carbocycles. The average Bonchev–Trinajstić information content (AvgIpc) is 3.43. The number of imidazole rings is 1. The van der Waals surface area contributed by atoms with Crippen LogP contribution < -0.4 is 0 Å². The Morgan fingerprint density at radius 1 is 1.35 bits per heavy atom. The third-order valence-electron chi connectivity index (χ3n) is 4.87. The Balaban J connectivity index is 1.74. The van der Waals surface area contributed by atoms with Crippen molar-refractivity contribution in [3.63, 3.8) is 0 Å². The van der Waals surface area contributed by atoms with Gasteiger partial charge in [-0.15, -0.1) is 0 Å². The fourth-order valence-electron chi connectivity index (χ4n) is 3.22. The van der Waals surface area contributed by atoms with Crippen molar-refractivity contribution < 1.29 is 9.90 Å². The number of rotatable bonds is 6. The number of nitrogens with zero attached hydrogens (tertiary/aromatic N) is 4. The summed E-state index contributed by atoms with van der Waals surface area (Å²) in [7, 11) is 1.90. The zero-order chi connectivity index (χ0) is 18.1. The molecule has 1 aromatic carbocycles. The average molecular weight is 350 g/mol. The molecule has 6 heteroatoms. The number of amides is 1. The van der Waals surface area contributed by atoms with Gasteiger partial charge in [0.05, 0.1) is 24.2 Å². The molecule has 6 nitrogen and oxygen atoms in total. The van der Waals surface area contributed by atoms with Gasteiger partial charge in [-0.3, -0.25) is 9.78 Å². The van der Waals surface area contributed by atoms with Gasteiger partial charge in [0.15, 0.2) is 0 Å². The first-order chi connectivity index (χ1) is 12.7. The standard InChI is InChI=1S/C20H22N4O2/c1-23-9-8-21-19(23)13-24(10-11-25)20(26)16-12-18(14-6-7-14)22-17-5-3-2-4-15(16)17/h2-5,8-9,12,14,25H,6-7,10-11,13H2,1H3. The number of aryl methyl sites for hydroxylation is 1. The first-order valence-electron chi connectivity index (χ1n) is 8.93. The van der Waals surface area contributed by atoms with Crippen LogP contribution in [0.4, 0.5) is 0 Å². The van der Waals surface area contributed by atoms with E-state index in [1.807, 2.05) is 48.1 Å². The van der Waals surface area contributed by atoms with Crippen LogP contribution in [-0.4, -0.2) is 43.6 Å². The summed E-state index contributed by atoms with van der Waals surface area (Å²) in [5, 5.41) is 10.3. The van der Waals surface area contributed by atoms with Crippen molar-refractivity contribution in [1.29, 1.82) is 0 Å². The molecule has 0 spiro atoms. The van der Waals surface area contributed by atoms with Crippen LogP contribution in [0.2, 0.25) is 0 Å². The Morgan fingerprint density at radius 2 is 2.15 bits per heavy atom. The molecule has 1 fully saturated rings. The van der Waals surface area contributed by atoms with Gasteiger partial charge in [-0.05, 0) is 25.0 Å². The van der Waals surface area contributed by atoms with Crippen LogP contribution >= 0.6 is 0 Å². The van der Waals surface area contributed by atoms with E-state index in [0.29, 0.717) is 18.0 Å². The van der Waals surface area contributed by atoms with Crippen molar-refractivity contribution in [3.8, 4) is 0 Å². The van der Waals surface area contributed by atoms with Gasteiger partial charge in [0.25, 0.3) is 5.91 Å². The molecule has 0 aliphatic heterocycles. The topological polar surface area (TPSA) is 71.2 Å². The molecule has 4 rings (SSSR count). The summed E-state index contributed by atoms with van der Waals surface area (Å²) in [6.07, 6.45) is 5.83. The Bertz CT molecular complexity index is 946. The second-order valence-electron chi connectivity index (χ2n) is 6.79. The van der Waals surface area contributed by atoms with E-state index in [2.05, 4.69) is 4.98 Å². The number of carbonyl (C=O) groups is 1. The van der Waals surface area contributed by atoms with Gasteiger partial charge in [0.2, 0.25) is 0 Å². The SMILES string of the molecule is Cn1ccnc1CN(CCO)C(=O)c1cc(C2CC2)nc2ccccc12. The monoisotopic (exact) mass is 350 g/mol. The lowest BCUT2D eigenvalue weighted by molar-refractivity contribution is 0.0703. The molecule has 0 unspecified atom stereocenters. The predicted molar refractivity (Wildman–Crippen MR) is 98.8 cm³/mol. The van der Waals surface area contributed by atoms with Crippen molar-refractivity contribution in [1.82, 2.24) is 19.4 Å². The fraction of sp³-hybridized carbons (Fsp3) is 0.350. The highest BCUT2D eigenvalue weighted by atomic mass is 16.3. The number of benzene rings is 1. The number of carbonyl (C=O) groups excluding carboxylic acids is 1. The van der Waals surface area contributed by atoms with Gasteiger partial charge in [-0.2, -0.15) is 0 Å². The van der Waals surface area contributed by atoms with Crippen LogP contribution in [-0.2, 0) is 13.6 Å². The lowest BCUT2D eigenvalue weighted by atomic mass is 10.0. The first kappa shape index (κ1) is 16.7. The molecule has 0 saturated heterocycles. The second-order valence-corrected chi connectivity index (χ2v) is 6.79. The number of aliphatic hydroxyl groups excluding tert-OH is 1. The summed E-state index contributed by atoms with van der Waals surface area (Å²) in [6, 6.07) is 9.69. The number of fused-ring (bicyclic) bond motifs is 1. The Labute approximate surface area is 152 Å². The second kappa shape index (κ2) is 6.88. The van der Waals surface area contributed by atoms with E-state index in [-0.39, 0.29) is 19.1 Å². The molecule has 1 aliphatic rings. The van der Waals surface area contributed by atoms with Crippen molar-refractivity contribution in [2.24, 2.45) is 7.05 Å². The van der Waals surface area contributed by atoms with Gasteiger partial charge < -0.3 is 14.6 Å². The van der Waals surface area contributed by atoms with Crippen LogP contribution in [0.1, 0.15) is 40.6 Å². The van der Waals surface area contributed by atoms with Crippen LogP contribution in [0.5, 0.6) is 0 Å². The Hall–Kier alpha value is -2.73. The van der Waals surface area contributed by atoms with Crippen LogP contribution in [0, 0.1) is 0 Å². The first-order valence-corrected chi connectivity index (χ1v) is 8.93. The zero-order valence-electron chi connectivity index (χ0n) is 14.8. The van der Waals surface area contributed by atoms with E-state index in [1.165, 1.54) is 0 Å². The lowest BCUT2D eigenvalue weighted by Gasteiger charge is -2.22.